The van der Waals surface area contributed by atoms with Crippen LogP contribution in [0.3, 0.4) is 0 Å². The Morgan fingerprint density at radius 2 is 1.97 bits per heavy atom. The predicted octanol–water partition coefficient (Wildman–Crippen LogP) is 4.40. The van der Waals surface area contributed by atoms with Gasteiger partial charge in [0.15, 0.2) is 5.65 Å². The van der Waals surface area contributed by atoms with E-state index in [1.807, 2.05) is 36.0 Å². The van der Waals surface area contributed by atoms with Crippen molar-refractivity contribution in [2.75, 3.05) is 5.32 Å². The molecule has 7 nitrogen and oxygen atoms in total. The highest BCUT2D eigenvalue weighted by Crippen LogP contribution is 2.29. The van der Waals surface area contributed by atoms with Gasteiger partial charge in [0.1, 0.15) is 0 Å². The highest BCUT2D eigenvalue weighted by atomic mass is 32.1. The molecule has 0 unspecified atom stereocenters. The molecule has 4 rings (SSSR count). The maximum absolute atomic E-state index is 13.2. The fourth-order valence-electron chi connectivity index (χ4n) is 3.35. The number of nitrogens with zero attached hydrogens (tertiary/aromatic N) is 3. The molecule has 0 aliphatic heterocycles. The first-order chi connectivity index (χ1) is 14.3. The predicted molar refractivity (Wildman–Crippen MR) is 119 cm³/mol. The average Bonchev–Trinajstić information content (AvgIpc) is 3.36. The molecule has 3 N–H and O–H groups in total. The van der Waals surface area contributed by atoms with Crippen LogP contribution in [0.15, 0.2) is 48.0 Å². The van der Waals surface area contributed by atoms with Crippen LogP contribution in [0.25, 0.3) is 21.6 Å². The number of anilines is 1. The lowest BCUT2D eigenvalue weighted by Gasteiger charge is -2.11. The van der Waals surface area contributed by atoms with Crippen molar-refractivity contribution in [3.05, 3.63) is 64.7 Å². The number of pyridine rings is 1. The van der Waals surface area contributed by atoms with E-state index < -0.39 is 5.91 Å². The zero-order valence-electron chi connectivity index (χ0n) is 16.8. The quantitative estimate of drug-likeness (QED) is 0.500. The summed E-state index contributed by atoms with van der Waals surface area (Å²) in [5, 5.41) is 10.0. The molecule has 3 heterocycles. The zero-order chi connectivity index (χ0) is 21.4. The van der Waals surface area contributed by atoms with Gasteiger partial charge in [0.25, 0.3) is 5.91 Å². The lowest BCUT2D eigenvalue weighted by atomic mass is 10.1. The summed E-state index contributed by atoms with van der Waals surface area (Å²) in [5.41, 5.74) is 8.97. The van der Waals surface area contributed by atoms with Gasteiger partial charge in [-0.15, -0.1) is 11.3 Å². The minimum atomic E-state index is -0.497. The number of hydrogen-bond acceptors (Lipinski definition) is 5. The van der Waals surface area contributed by atoms with E-state index in [1.54, 1.807) is 48.7 Å². The number of primary amides is 1. The Hall–Kier alpha value is -3.52. The number of nitrogens with one attached hydrogen (secondary N) is 1. The molecular formula is C22H21N5O2S. The molecule has 0 spiro atoms. The lowest BCUT2D eigenvalue weighted by Crippen LogP contribution is -2.15. The Bertz CT molecular complexity index is 1260. The van der Waals surface area contributed by atoms with Gasteiger partial charge in [0.05, 0.1) is 27.7 Å². The van der Waals surface area contributed by atoms with Gasteiger partial charge >= 0.3 is 0 Å². The van der Waals surface area contributed by atoms with E-state index in [2.05, 4.69) is 10.4 Å². The van der Waals surface area contributed by atoms with Crippen LogP contribution < -0.4 is 11.1 Å². The molecule has 8 heteroatoms. The van der Waals surface area contributed by atoms with Crippen LogP contribution in [0.5, 0.6) is 0 Å². The second kappa shape index (κ2) is 7.72. The van der Waals surface area contributed by atoms with E-state index in [0.29, 0.717) is 33.4 Å². The van der Waals surface area contributed by atoms with Gasteiger partial charge in [-0.05, 0) is 62.0 Å². The van der Waals surface area contributed by atoms with Crippen molar-refractivity contribution in [2.45, 2.75) is 26.8 Å². The van der Waals surface area contributed by atoms with Crippen LogP contribution in [0.1, 0.15) is 46.2 Å². The first kappa shape index (κ1) is 19.8. The fraction of sp³-hybridized carbons (Fsp3) is 0.182. The van der Waals surface area contributed by atoms with Crippen molar-refractivity contribution in [3.8, 4) is 10.6 Å². The van der Waals surface area contributed by atoms with Crippen molar-refractivity contribution >= 4 is 39.9 Å². The molecule has 0 bridgehead atoms. The smallest absolute Gasteiger partial charge is 0.256 e. The van der Waals surface area contributed by atoms with Crippen LogP contribution in [-0.2, 0) is 0 Å². The number of thiophene rings is 1. The summed E-state index contributed by atoms with van der Waals surface area (Å²) in [6.45, 7) is 5.82. The maximum atomic E-state index is 13.2. The highest BCUT2D eigenvalue weighted by molar-refractivity contribution is 7.13. The van der Waals surface area contributed by atoms with Gasteiger partial charge in [-0.3, -0.25) is 9.59 Å². The molecular weight excluding hydrogens is 398 g/mol. The number of aryl methyl sites for hydroxylation is 1. The monoisotopic (exact) mass is 419 g/mol. The molecule has 0 aliphatic rings. The second-order valence-electron chi connectivity index (χ2n) is 7.30. The highest BCUT2D eigenvalue weighted by Gasteiger charge is 2.19. The van der Waals surface area contributed by atoms with E-state index in [9.17, 15) is 9.59 Å². The minimum absolute atomic E-state index is 0.105. The molecule has 0 radical (unpaired) electrons. The molecule has 0 atom stereocenters. The Labute approximate surface area is 177 Å². The second-order valence-corrected chi connectivity index (χ2v) is 8.25. The minimum Gasteiger partial charge on any atom is -0.366 e. The van der Waals surface area contributed by atoms with E-state index >= 15 is 0 Å². The number of carbonyl (C=O) groups is 2. The van der Waals surface area contributed by atoms with Crippen LogP contribution in [-0.4, -0.2) is 26.6 Å². The SMILES string of the molecule is Cc1cc(NC(=O)c2cc(-c3cccs3)nc3c2cnn3C(C)C)ccc1C(N)=O. The summed E-state index contributed by atoms with van der Waals surface area (Å²) in [7, 11) is 0. The number of carbonyl (C=O) groups excluding carboxylic acids is 2. The summed E-state index contributed by atoms with van der Waals surface area (Å²) < 4.78 is 1.81. The molecule has 0 aliphatic carbocycles. The first-order valence-corrected chi connectivity index (χ1v) is 10.4. The van der Waals surface area contributed by atoms with Crippen LogP contribution >= 0.6 is 11.3 Å². The normalized spacial score (nSPS) is 11.2. The van der Waals surface area contributed by atoms with Crippen molar-refractivity contribution in [1.82, 2.24) is 14.8 Å². The van der Waals surface area contributed by atoms with Crippen molar-refractivity contribution in [3.63, 3.8) is 0 Å². The number of rotatable bonds is 5. The van der Waals surface area contributed by atoms with Gasteiger partial charge < -0.3 is 11.1 Å². The summed E-state index contributed by atoms with van der Waals surface area (Å²) >= 11 is 1.56. The standard InChI is InChI=1S/C22H21N5O2S/c1-12(2)27-21-17(11-24-27)16(10-18(26-21)19-5-4-8-30-19)22(29)25-14-6-7-15(20(23)28)13(3)9-14/h4-12H,1-3H3,(H2,23,28)(H,25,29). The Morgan fingerprint density at radius 1 is 1.17 bits per heavy atom. The van der Waals surface area contributed by atoms with Crippen LogP contribution in [0, 0.1) is 6.92 Å². The molecule has 2 amide bonds. The molecule has 4 aromatic rings. The van der Waals surface area contributed by atoms with E-state index in [-0.39, 0.29) is 11.9 Å². The largest absolute Gasteiger partial charge is 0.366 e. The molecule has 0 saturated carbocycles. The summed E-state index contributed by atoms with van der Waals surface area (Å²) in [4.78, 5) is 30.4. The van der Waals surface area contributed by atoms with Crippen LogP contribution in [0.4, 0.5) is 5.69 Å². The third kappa shape index (κ3) is 3.57. The molecule has 0 fully saturated rings. The fourth-order valence-corrected chi connectivity index (χ4v) is 4.04. The average molecular weight is 420 g/mol. The number of fused-ring (bicyclic) bond motifs is 1. The molecule has 1 aromatic carbocycles. The Kier molecular flexibility index (Phi) is 5.09. The molecule has 0 saturated heterocycles. The van der Waals surface area contributed by atoms with Gasteiger partial charge in [-0.2, -0.15) is 5.10 Å². The zero-order valence-corrected chi connectivity index (χ0v) is 17.7. The summed E-state index contributed by atoms with van der Waals surface area (Å²) in [6, 6.07) is 10.8. The number of nitrogens with two attached hydrogens (primary N) is 1. The van der Waals surface area contributed by atoms with Crippen LogP contribution in [0.2, 0.25) is 0 Å². The molecule has 30 heavy (non-hydrogen) atoms. The van der Waals surface area contributed by atoms with Gasteiger partial charge in [-0.1, -0.05) is 6.07 Å². The van der Waals surface area contributed by atoms with E-state index in [1.165, 1.54) is 0 Å². The van der Waals surface area contributed by atoms with E-state index in [0.717, 1.165) is 10.6 Å². The van der Waals surface area contributed by atoms with E-state index in [4.69, 9.17) is 10.7 Å². The lowest BCUT2D eigenvalue weighted by molar-refractivity contribution is 0.0998. The third-order valence-electron chi connectivity index (χ3n) is 4.82. The number of amides is 2. The molecule has 152 valence electrons. The first-order valence-electron chi connectivity index (χ1n) is 9.49. The van der Waals surface area contributed by atoms with Gasteiger partial charge in [0, 0.05) is 17.3 Å². The Morgan fingerprint density at radius 3 is 2.60 bits per heavy atom. The topological polar surface area (TPSA) is 103 Å². The third-order valence-corrected chi connectivity index (χ3v) is 5.72. The number of aromatic nitrogens is 3. The Balaban J connectivity index is 1.78. The summed E-state index contributed by atoms with van der Waals surface area (Å²) in [6.07, 6.45) is 1.68. The van der Waals surface area contributed by atoms with Crippen molar-refractivity contribution in [1.29, 1.82) is 0 Å². The molecule has 3 aromatic heterocycles. The van der Waals surface area contributed by atoms with Crippen molar-refractivity contribution < 1.29 is 9.59 Å². The van der Waals surface area contributed by atoms with Gasteiger partial charge in [-0.25, -0.2) is 9.67 Å². The van der Waals surface area contributed by atoms with Crippen molar-refractivity contribution in [2.24, 2.45) is 5.73 Å². The maximum Gasteiger partial charge on any atom is 0.256 e. The number of hydrogen-bond donors (Lipinski definition) is 2. The number of benzene rings is 1. The van der Waals surface area contributed by atoms with Gasteiger partial charge in [0.2, 0.25) is 5.91 Å². The summed E-state index contributed by atoms with van der Waals surface area (Å²) in [5.74, 6) is -0.766.